The number of carbonyl (C=O) groups excluding carboxylic acids is 2. The zero-order valence-corrected chi connectivity index (χ0v) is 16.5. The molecule has 0 atom stereocenters. The highest BCUT2D eigenvalue weighted by Crippen LogP contribution is 2.20. The summed E-state index contributed by atoms with van der Waals surface area (Å²) in [5.74, 6) is 0.613. The second kappa shape index (κ2) is 9.01. The van der Waals surface area contributed by atoms with Gasteiger partial charge < -0.3 is 15.5 Å². The van der Waals surface area contributed by atoms with Crippen molar-refractivity contribution < 1.29 is 9.59 Å². The number of nitrogens with zero attached hydrogens (tertiary/aromatic N) is 2. The van der Waals surface area contributed by atoms with E-state index >= 15 is 0 Å². The largest absolute Gasteiger partial charge is 0.334 e. The van der Waals surface area contributed by atoms with E-state index in [1.807, 2.05) is 29.2 Å². The van der Waals surface area contributed by atoms with Gasteiger partial charge in [-0.15, -0.1) is 0 Å². The van der Waals surface area contributed by atoms with E-state index < -0.39 is 0 Å². The summed E-state index contributed by atoms with van der Waals surface area (Å²) in [5, 5.41) is 6.16. The van der Waals surface area contributed by atoms with Crippen LogP contribution in [0.25, 0.3) is 6.08 Å². The summed E-state index contributed by atoms with van der Waals surface area (Å²) < 4.78 is 0. The van der Waals surface area contributed by atoms with Crippen molar-refractivity contribution in [2.24, 2.45) is 0 Å². The lowest BCUT2D eigenvalue weighted by molar-refractivity contribution is -0.126. The molecule has 6 heteroatoms. The monoisotopic (exact) mass is 390 g/mol. The fourth-order valence-corrected chi connectivity index (χ4v) is 3.81. The van der Waals surface area contributed by atoms with Crippen molar-refractivity contribution in [1.29, 1.82) is 0 Å². The zero-order valence-electron chi connectivity index (χ0n) is 16.5. The van der Waals surface area contributed by atoms with E-state index in [0.717, 1.165) is 43.5 Å². The Morgan fingerprint density at radius 2 is 1.93 bits per heavy atom. The molecular formula is C23H26N4O2. The molecule has 0 radical (unpaired) electrons. The van der Waals surface area contributed by atoms with Gasteiger partial charge in [0, 0.05) is 38.3 Å². The summed E-state index contributed by atoms with van der Waals surface area (Å²) in [4.78, 5) is 30.9. The van der Waals surface area contributed by atoms with Crippen molar-refractivity contribution in [3.8, 4) is 0 Å². The highest BCUT2D eigenvalue weighted by Gasteiger charge is 2.18. The average molecular weight is 390 g/mol. The van der Waals surface area contributed by atoms with Crippen LogP contribution in [0.2, 0.25) is 0 Å². The quantitative estimate of drug-likeness (QED) is 0.773. The third-order valence-electron chi connectivity index (χ3n) is 5.43. The summed E-state index contributed by atoms with van der Waals surface area (Å²) in [5.41, 5.74) is 4.42. The van der Waals surface area contributed by atoms with E-state index in [0.29, 0.717) is 25.3 Å². The van der Waals surface area contributed by atoms with Crippen molar-refractivity contribution in [3.63, 3.8) is 0 Å². The van der Waals surface area contributed by atoms with E-state index in [-0.39, 0.29) is 11.8 Å². The maximum absolute atomic E-state index is 12.7. The second-order valence-corrected chi connectivity index (χ2v) is 7.54. The third kappa shape index (κ3) is 4.90. The number of benzene rings is 1. The molecule has 0 saturated carbocycles. The number of aromatic nitrogens is 1. The SMILES string of the molecule is O=C1CCNCCCc2cc(C=CC(=O)N3CCc4ccccc4C3)cnc2N1. The lowest BCUT2D eigenvalue weighted by Gasteiger charge is -2.27. The lowest BCUT2D eigenvalue weighted by Crippen LogP contribution is -2.34. The smallest absolute Gasteiger partial charge is 0.246 e. The number of rotatable bonds is 2. The van der Waals surface area contributed by atoms with Crippen molar-refractivity contribution in [1.82, 2.24) is 15.2 Å². The first kappa shape index (κ1) is 19.3. The summed E-state index contributed by atoms with van der Waals surface area (Å²) >= 11 is 0. The predicted octanol–water partition coefficient (Wildman–Crippen LogP) is 2.54. The fourth-order valence-electron chi connectivity index (χ4n) is 3.81. The highest BCUT2D eigenvalue weighted by atomic mass is 16.2. The molecule has 0 spiro atoms. The number of hydrogen-bond donors (Lipinski definition) is 2. The summed E-state index contributed by atoms with van der Waals surface area (Å²) in [6.07, 6.45) is 8.28. The van der Waals surface area contributed by atoms with E-state index in [9.17, 15) is 9.59 Å². The van der Waals surface area contributed by atoms with E-state index in [1.54, 1.807) is 12.3 Å². The van der Waals surface area contributed by atoms with Gasteiger partial charge in [0.1, 0.15) is 5.82 Å². The molecular weight excluding hydrogens is 364 g/mol. The number of amides is 2. The van der Waals surface area contributed by atoms with Crippen LogP contribution in [0.5, 0.6) is 0 Å². The molecule has 4 rings (SSSR count). The molecule has 0 fully saturated rings. The molecule has 2 aromatic rings. The standard InChI is InChI=1S/C23H26N4O2/c28-21-9-12-24-11-3-6-19-14-17(15-25-23(19)26-21)7-8-22(29)27-13-10-18-4-1-2-5-20(18)16-27/h1-2,4-5,7-8,14-15,24H,3,6,9-13,16H2,(H,25,26,28). The van der Waals surface area contributed by atoms with Crippen molar-refractivity contribution in [2.75, 3.05) is 25.0 Å². The van der Waals surface area contributed by atoms with Crippen LogP contribution >= 0.6 is 0 Å². The molecule has 2 N–H and O–H groups in total. The lowest BCUT2D eigenvalue weighted by atomic mass is 10.00. The van der Waals surface area contributed by atoms with Crippen LogP contribution < -0.4 is 10.6 Å². The van der Waals surface area contributed by atoms with Crippen molar-refractivity contribution in [2.45, 2.75) is 32.2 Å². The molecule has 0 aliphatic carbocycles. The van der Waals surface area contributed by atoms with E-state index in [4.69, 9.17) is 0 Å². The number of fused-ring (bicyclic) bond motifs is 2. The van der Waals surface area contributed by atoms with Gasteiger partial charge in [-0.3, -0.25) is 9.59 Å². The third-order valence-corrected chi connectivity index (χ3v) is 5.43. The Morgan fingerprint density at radius 1 is 1.07 bits per heavy atom. The van der Waals surface area contributed by atoms with Gasteiger partial charge in [0.25, 0.3) is 0 Å². The van der Waals surface area contributed by atoms with Crippen LogP contribution in [-0.2, 0) is 29.0 Å². The summed E-state index contributed by atoms with van der Waals surface area (Å²) in [6, 6.07) is 10.3. The summed E-state index contributed by atoms with van der Waals surface area (Å²) in [6.45, 7) is 2.95. The Labute approximate surface area is 171 Å². The van der Waals surface area contributed by atoms with Crippen LogP contribution in [0.1, 0.15) is 35.1 Å². The molecule has 0 saturated heterocycles. The minimum atomic E-state index is -0.0306. The number of pyridine rings is 1. The summed E-state index contributed by atoms with van der Waals surface area (Å²) in [7, 11) is 0. The number of nitrogens with one attached hydrogen (secondary N) is 2. The molecule has 2 amide bonds. The minimum absolute atomic E-state index is 0.0111. The first-order chi connectivity index (χ1) is 14.2. The molecule has 1 aromatic heterocycles. The Morgan fingerprint density at radius 3 is 2.83 bits per heavy atom. The average Bonchev–Trinajstić information content (AvgIpc) is 2.75. The molecule has 0 unspecified atom stereocenters. The van der Waals surface area contributed by atoms with Gasteiger partial charge in [-0.2, -0.15) is 0 Å². The molecule has 0 bridgehead atoms. The first-order valence-electron chi connectivity index (χ1n) is 10.2. The van der Waals surface area contributed by atoms with Crippen LogP contribution in [-0.4, -0.2) is 41.3 Å². The van der Waals surface area contributed by atoms with Crippen molar-refractivity contribution >= 4 is 23.7 Å². The van der Waals surface area contributed by atoms with Gasteiger partial charge in [0.2, 0.25) is 11.8 Å². The molecule has 150 valence electrons. The van der Waals surface area contributed by atoms with Gasteiger partial charge in [0.15, 0.2) is 0 Å². The maximum Gasteiger partial charge on any atom is 0.246 e. The Balaban J connectivity index is 1.45. The molecule has 29 heavy (non-hydrogen) atoms. The molecule has 3 heterocycles. The number of carbonyl (C=O) groups is 2. The van der Waals surface area contributed by atoms with E-state index in [1.165, 1.54) is 11.1 Å². The van der Waals surface area contributed by atoms with Gasteiger partial charge in [-0.25, -0.2) is 4.98 Å². The van der Waals surface area contributed by atoms with Crippen LogP contribution in [0.15, 0.2) is 42.6 Å². The predicted molar refractivity (Wildman–Crippen MR) is 113 cm³/mol. The van der Waals surface area contributed by atoms with Crippen LogP contribution in [0.3, 0.4) is 0 Å². The minimum Gasteiger partial charge on any atom is -0.334 e. The molecule has 2 aliphatic heterocycles. The Bertz CT molecular complexity index is 938. The normalized spacial score (nSPS) is 17.4. The Kier molecular flexibility index (Phi) is 6.00. The number of aryl methyl sites for hydroxylation is 1. The van der Waals surface area contributed by atoms with Gasteiger partial charge in [-0.1, -0.05) is 24.3 Å². The van der Waals surface area contributed by atoms with Gasteiger partial charge in [0.05, 0.1) is 0 Å². The van der Waals surface area contributed by atoms with Crippen LogP contribution in [0, 0.1) is 0 Å². The highest BCUT2D eigenvalue weighted by molar-refractivity contribution is 5.92. The topological polar surface area (TPSA) is 74.3 Å². The molecule has 1 aromatic carbocycles. The number of hydrogen-bond acceptors (Lipinski definition) is 4. The molecule has 2 aliphatic rings. The number of anilines is 1. The van der Waals surface area contributed by atoms with Gasteiger partial charge in [-0.05, 0) is 60.2 Å². The van der Waals surface area contributed by atoms with E-state index in [2.05, 4.69) is 27.8 Å². The van der Waals surface area contributed by atoms with Gasteiger partial charge >= 0.3 is 0 Å². The zero-order chi connectivity index (χ0) is 20.1. The Hall–Kier alpha value is -2.99. The van der Waals surface area contributed by atoms with Crippen LogP contribution in [0.4, 0.5) is 5.82 Å². The van der Waals surface area contributed by atoms with Crippen molar-refractivity contribution in [3.05, 3.63) is 64.9 Å². The fraction of sp³-hybridized carbons (Fsp3) is 0.348. The second-order valence-electron chi connectivity index (χ2n) is 7.54. The maximum atomic E-state index is 12.7. The molecule has 6 nitrogen and oxygen atoms in total. The first-order valence-corrected chi connectivity index (χ1v) is 10.2.